The molecule has 0 aliphatic carbocycles. The van der Waals surface area contributed by atoms with E-state index in [0.717, 1.165) is 10.7 Å². The van der Waals surface area contributed by atoms with Gasteiger partial charge in [-0.3, -0.25) is 13.9 Å². The smallest absolute Gasteiger partial charge is 0.244 e. The predicted molar refractivity (Wildman–Crippen MR) is 144 cm³/mol. The van der Waals surface area contributed by atoms with Crippen LogP contribution in [0.15, 0.2) is 36.4 Å². The molecule has 0 spiro atoms. The standard InChI is InChI=1S/C25H31Cl2N3O6S/c1-4-12-28-25(32)21(5-2)29(14-18-19(26)8-7-9-20(18)27)24(31)15-30(37(33,34)6-3)17-10-11-22-23(13-17)36-16-35-22/h7-11,13,21H,4-6,12,14-16H2,1-3H3,(H,28,32). The highest BCUT2D eigenvalue weighted by Gasteiger charge is 2.33. The molecule has 0 fully saturated rings. The van der Waals surface area contributed by atoms with Crippen LogP contribution in [-0.2, 0) is 26.2 Å². The number of nitrogens with zero attached hydrogens (tertiary/aromatic N) is 2. The molecule has 0 radical (unpaired) electrons. The maximum absolute atomic E-state index is 13.8. The van der Waals surface area contributed by atoms with Crippen LogP contribution < -0.4 is 19.1 Å². The molecule has 0 aromatic heterocycles. The van der Waals surface area contributed by atoms with E-state index in [1.165, 1.54) is 17.9 Å². The van der Waals surface area contributed by atoms with Crippen molar-refractivity contribution in [2.45, 2.75) is 46.2 Å². The molecule has 2 aromatic carbocycles. The quantitative estimate of drug-likeness (QED) is 0.409. The summed E-state index contributed by atoms with van der Waals surface area (Å²) in [5.41, 5.74) is 0.715. The van der Waals surface area contributed by atoms with Gasteiger partial charge in [0.1, 0.15) is 12.6 Å². The zero-order chi connectivity index (χ0) is 27.2. The van der Waals surface area contributed by atoms with Gasteiger partial charge in [-0.15, -0.1) is 0 Å². The minimum atomic E-state index is -3.88. The first-order valence-corrected chi connectivity index (χ1v) is 14.4. The third-order valence-electron chi connectivity index (χ3n) is 5.95. The number of benzene rings is 2. The minimum absolute atomic E-state index is 0.0235. The first kappa shape index (κ1) is 28.9. The first-order valence-electron chi connectivity index (χ1n) is 12.0. The zero-order valence-corrected chi connectivity index (χ0v) is 23.3. The summed E-state index contributed by atoms with van der Waals surface area (Å²) >= 11 is 12.8. The molecule has 1 aliphatic rings. The van der Waals surface area contributed by atoms with E-state index in [1.807, 2.05) is 6.92 Å². The molecule has 9 nitrogen and oxygen atoms in total. The van der Waals surface area contributed by atoms with Crippen molar-refractivity contribution in [1.82, 2.24) is 10.2 Å². The van der Waals surface area contributed by atoms with Gasteiger partial charge in [0.2, 0.25) is 28.6 Å². The Kier molecular flexibility index (Phi) is 9.92. The Hall–Kier alpha value is -2.69. The number of carbonyl (C=O) groups excluding carboxylic acids is 2. The van der Waals surface area contributed by atoms with E-state index < -0.39 is 28.5 Å². The molecule has 1 aliphatic heterocycles. The van der Waals surface area contributed by atoms with E-state index in [1.54, 1.807) is 37.3 Å². The van der Waals surface area contributed by atoms with Crippen LogP contribution in [0.5, 0.6) is 11.5 Å². The van der Waals surface area contributed by atoms with Crippen molar-refractivity contribution < 1.29 is 27.5 Å². The fourth-order valence-electron chi connectivity index (χ4n) is 3.90. The number of hydrogen-bond acceptors (Lipinski definition) is 6. The molecule has 12 heteroatoms. The Balaban J connectivity index is 2.00. The van der Waals surface area contributed by atoms with E-state index in [4.69, 9.17) is 32.7 Å². The Morgan fingerprint density at radius 3 is 2.35 bits per heavy atom. The summed E-state index contributed by atoms with van der Waals surface area (Å²) in [6.45, 7) is 5.06. The summed E-state index contributed by atoms with van der Waals surface area (Å²) < 4.78 is 37.9. The molecular formula is C25H31Cl2N3O6S. The lowest BCUT2D eigenvalue weighted by Crippen LogP contribution is -2.52. The molecule has 3 rings (SSSR count). The van der Waals surface area contributed by atoms with Gasteiger partial charge in [0, 0.05) is 34.8 Å². The number of sulfonamides is 1. The van der Waals surface area contributed by atoms with Gasteiger partial charge in [-0.25, -0.2) is 8.42 Å². The number of ether oxygens (including phenoxy) is 2. The van der Waals surface area contributed by atoms with Crippen molar-refractivity contribution in [1.29, 1.82) is 0 Å². The van der Waals surface area contributed by atoms with E-state index in [-0.39, 0.29) is 30.7 Å². The van der Waals surface area contributed by atoms with Crippen LogP contribution >= 0.6 is 23.2 Å². The van der Waals surface area contributed by atoms with Gasteiger partial charge >= 0.3 is 0 Å². The lowest BCUT2D eigenvalue weighted by atomic mass is 10.1. The Labute approximate surface area is 227 Å². The largest absolute Gasteiger partial charge is 0.454 e. The lowest BCUT2D eigenvalue weighted by Gasteiger charge is -2.33. The average Bonchev–Trinajstić information content (AvgIpc) is 3.35. The summed E-state index contributed by atoms with van der Waals surface area (Å²) in [6.07, 6.45) is 1.02. The fraction of sp³-hybridized carbons (Fsp3) is 0.440. The number of anilines is 1. The van der Waals surface area contributed by atoms with Crippen molar-refractivity contribution in [2.75, 3.05) is 29.9 Å². The molecule has 0 bridgehead atoms. The maximum atomic E-state index is 13.8. The molecule has 37 heavy (non-hydrogen) atoms. The fourth-order valence-corrected chi connectivity index (χ4v) is 5.47. The Morgan fingerprint density at radius 2 is 1.73 bits per heavy atom. The van der Waals surface area contributed by atoms with Crippen LogP contribution in [0, 0.1) is 0 Å². The normalized spacial score (nSPS) is 13.2. The van der Waals surface area contributed by atoms with E-state index in [9.17, 15) is 18.0 Å². The van der Waals surface area contributed by atoms with Gasteiger partial charge in [-0.1, -0.05) is 43.1 Å². The second kappa shape index (κ2) is 12.7. The number of carbonyl (C=O) groups is 2. The van der Waals surface area contributed by atoms with Crippen molar-refractivity contribution in [3.8, 4) is 11.5 Å². The molecule has 1 heterocycles. The Morgan fingerprint density at radius 1 is 1.05 bits per heavy atom. The summed E-state index contributed by atoms with van der Waals surface area (Å²) in [5.74, 6) is -0.291. The SMILES string of the molecule is CCCNC(=O)C(CC)N(Cc1c(Cl)cccc1Cl)C(=O)CN(c1ccc2c(c1)OCO2)S(=O)(=O)CC. The molecule has 0 saturated heterocycles. The number of halogens is 2. The molecule has 0 saturated carbocycles. The van der Waals surface area contributed by atoms with Crippen LogP contribution in [0.4, 0.5) is 5.69 Å². The maximum Gasteiger partial charge on any atom is 0.244 e. The number of nitrogens with one attached hydrogen (secondary N) is 1. The van der Waals surface area contributed by atoms with Gasteiger partial charge in [0.25, 0.3) is 0 Å². The molecular weight excluding hydrogens is 541 g/mol. The monoisotopic (exact) mass is 571 g/mol. The second-order valence-corrected chi connectivity index (χ2v) is 11.4. The highest BCUT2D eigenvalue weighted by atomic mass is 35.5. The molecule has 2 amide bonds. The third-order valence-corrected chi connectivity index (χ3v) is 8.40. The van der Waals surface area contributed by atoms with Crippen LogP contribution in [-0.4, -0.2) is 56.8 Å². The second-order valence-electron chi connectivity index (χ2n) is 8.38. The highest BCUT2D eigenvalue weighted by molar-refractivity contribution is 7.92. The highest BCUT2D eigenvalue weighted by Crippen LogP contribution is 2.36. The van der Waals surface area contributed by atoms with Crippen LogP contribution in [0.2, 0.25) is 10.0 Å². The summed E-state index contributed by atoms with van der Waals surface area (Å²) in [5, 5.41) is 3.50. The molecule has 202 valence electrons. The Bertz CT molecular complexity index is 1220. The average molecular weight is 573 g/mol. The predicted octanol–water partition coefficient (Wildman–Crippen LogP) is 4.21. The van der Waals surface area contributed by atoms with Crippen molar-refractivity contribution in [3.63, 3.8) is 0 Å². The molecule has 1 atom stereocenters. The van der Waals surface area contributed by atoms with E-state index >= 15 is 0 Å². The van der Waals surface area contributed by atoms with Gasteiger partial charge in [0.15, 0.2) is 11.5 Å². The van der Waals surface area contributed by atoms with Gasteiger partial charge in [-0.2, -0.15) is 0 Å². The number of rotatable bonds is 12. The van der Waals surface area contributed by atoms with Crippen molar-refractivity contribution in [3.05, 3.63) is 52.0 Å². The van der Waals surface area contributed by atoms with Crippen LogP contribution in [0.25, 0.3) is 0 Å². The van der Waals surface area contributed by atoms with Crippen molar-refractivity contribution in [2.24, 2.45) is 0 Å². The summed E-state index contributed by atoms with van der Waals surface area (Å²) in [4.78, 5) is 28.2. The van der Waals surface area contributed by atoms with Gasteiger partial charge in [-0.05, 0) is 44.0 Å². The van der Waals surface area contributed by atoms with E-state index in [0.29, 0.717) is 40.1 Å². The van der Waals surface area contributed by atoms with Crippen LogP contribution in [0.1, 0.15) is 39.2 Å². The first-order chi connectivity index (χ1) is 17.6. The minimum Gasteiger partial charge on any atom is -0.454 e. The van der Waals surface area contributed by atoms with Gasteiger partial charge < -0.3 is 19.7 Å². The third kappa shape index (κ3) is 6.80. The van der Waals surface area contributed by atoms with Gasteiger partial charge in [0.05, 0.1) is 11.4 Å². The van der Waals surface area contributed by atoms with Crippen molar-refractivity contribution >= 4 is 50.7 Å². The molecule has 1 unspecified atom stereocenters. The lowest BCUT2D eigenvalue weighted by molar-refractivity contribution is -0.140. The van der Waals surface area contributed by atoms with E-state index in [2.05, 4.69) is 5.32 Å². The topological polar surface area (TPSA) is 105 Å². The number of hydrogen-bond donors (Lipinski definition) is 1. The number of fused-ring (bicyclic) bond motifs is 1. The summed E-state index contributed by atoms with van der Waals surface area (Å²) in [7, 11) is -3.88. The molecule has 2 aromatic rings. The molecule has 1 N–H and O–H groups in total. The zero-order valence-electron chi connectivity index (χ0n) is 21.0. The summed E-state index contributed by atoms with van der Waals surface area (Å²) in [6, 6.07) is 8.76. The number of amides is 2. The van der Waals surface area contributed by atoms with Crippen LogP contribution in [0.3, 0.4) is 0 Å².